The Morgan fingerprint density at radius 2 is 1.79 bits per heavy atom. The second-order valence-electron chi connectivity index (χ2n) is 6.50. The predicted octanol–water partition coefficient (Wildman–Crippen LogP) is 3.44. The molecule has 0 bridgehead atoms. The zero-order valence-electron chi connectivity index (χ0n) is 14.2. The lowest BCUT2D eigenvalue weighted by atomic mass is 9.86. The van der Waals surface area contributed by atoms with Gasteiger partial charge in [0.15, 0.2) is 0 Å². The van der Waals surface area contributed by atoms with Gasteiger partial charge in [-0.3, -0.25) is 4.79 Å². The van der Waals surface area contributed by atoms with Crippen LogP contribution >= 0.6 is 0 Å². The van der Waals surface area contributed by atoms with Crippen LogP contribution < -0.4 is 10.6 Å². The summed E-state index contributed by atoms with van der Waals surface area (Å²) in [6, 6.07) is 20.8. The van der Waals surface area contributed by atoms with E-state index in [1.165, 1.54) is 5.56 Å². The standard InChI is InChI=1S/C21H26N2O/c1-2-18(16-9-5-3-6-10-16)21(24)23-20-13-14-22-15-19(20)17-11-7-4-8-12-17/h3-12,18-20,22H,2,13-15H2,1H3,(H,23,24). The van der Waals surface area contributed by atoms with Gasteiger partial charge in [0, 0.05) is 18.5 Å². The number of rotatable bonds is 5. The Bertz CT molecular complexity index is 641. The van der Waals surface area contributed by atoms with Crippen molar-refractivity contribution >= 4 is 5.91 Å². The zero-order chi connectivity index (χ0) is 16.8. The molecule has 1 heterocycles. The van der Waals surface area contributed by atoms with Gasteiger partial charge >= 0.3 is 0 Å². The summed E-state index contributed by atoms with van der Waals surface area (Å²) in [6.45, 7) is 3.95. The summed E-state index contributed by atoms with van der Waals surface area (Å²) in [7, 11) is 0. The highest BCUT2D eigenvalue weighted by Gasteiger charge is 2.29. The molecule has 1 aliphatic rings. The van der Waals surface area contributed by atoms with Crippen LogP contribution in [0.4, 0.5) is 0 Å². The number of benzene rings is 2. The molecule has 24 heavy (non-hydrogen) atoms. The number of hydrogen-bond donors (Lipinski definition) is 2. The summed E-state index contributed by atoms with van der Waals surface area (Å²) < 4.78 is 0. The minimum atomic E-state index is -0.0718. The molecular formula is C21H26N2O. The first-order valence-corrected chi connectivity index (χ1v) is 8.90. The molecule has 3 nitrogen and oxygen atoms in total. The third kappa shape index (κ3) is 3.85. The molecular weight excluding hydrogens is 296 g/mol. The normalized spacial score (nSPS) is 21.9. The molecule has 2 N–H and O–H groups in total. The molecule has 0 radical (unpaired) electrons. The van der Waals surface area contributed by atoms with Gasteiger partial charge < -0.3 is 10.6 Å². The molecule has 3 heteroatoms. The molecule has 3 unspecified atom stereocenters. The average Bonchev–Trinajstić information content (AvgIpc) is 2.64. The van der Waals surface area contributed by atoms with E-state index in [9.17, 15) is 4.79 Å². The largest absolute Gasteiger partial charge is 0.352 e. The van der Waals surface area contributed by atoms with E-state index in [1.54, 1.807) is 0 Å². The van der Waals surface area contributed by atoms with Gasteiger partial charge in [0.1, 0.15) is 0 Å². The topological polar surface area (TPSA) is 41.1 Å². The fraction of sp³-hybridized carbons (Fsp3) is 0.381. The van der Waals surface area contributed by atoms with Crippen LogP contribution in [0.2, 0.25) is 0 Å². The third-order valence-electron chi connectivity index (χ3n) is 4.96. The maximum absolute atomic E-state index is 12.9. The van der Waals surface area contributed by atoms with Crippen molar-refractivity contribution < 1.29 is 4.79 Å². The van der Waals surface area contributed by atoms with Crippen molar-refractivity contribution in [1.29, 1.82) is 0 Å². The Morgan fingerprint density at radius 1 is 1.12 bits per heavy atom. The third-order valence-corrected chi connectivity index (χ3v) is 4.96. The molecule has 0 aliphatic carbocycles. The van der Waals surface area contributed by atoms with E-state index in [0.717, 1.165) is 31.5 Å². The van der Waals surface area contributed by atoms with Crippen LogP contribution in [-0.4, -0.2) is 25.0 Å². The van der Waals surface area contributed by atoms with Crippen LogP contribution in [0.3, 0.4) is 0 Å². The van der Waals surface area contributed by atoms with E-state index in [4.69, 9.17) is 0 Å². The molecule has 1 aliphatic heterocycles. The lowest BCUT2D eigenvalue weighted by Gasteiger charge is -2.34. The summed E-state index contributed by atoms with van der Waals surface area (Å²) in [6.07, 6.45) is 1.79. The quantitative estimate of drug-likeness (QED) is 0.885. The monoisotopic (exact) mass is 322 g/mol. The highest BCUT2D eigenvalue weighted by molar-refractivity contribution is 5.84. The van der Waals surface area contributed by atoms with Crippen molar-refractivity contribution in [2.75, 3.05) is 13.1 Å². The van der Waals surface area contributed by atoms with E-state index < -0.39 is 0 Å². The summed E-state index contributed by atoms with van der Waals surface area (Å²) in [5.74, 6) is 0.409. The molecule has 126 valence electrons. The second-order valence-corrected chi connectivity index (χ2v) is 6.50. The van der Waals surface area contributed by atoms with Crippen LogP contribution in [-0.2, 0) is 4.79 Å². The molecule has 0 spiro atoms. The first-order chi connectivity index (χ1) is 11.8. The number of carbonyl (C=O) groups is 1. The Hall–Kier alpha value is -2.13. The Labute approximate surface area is 144 Å². The van der Waals surface area contributed by atoms with Gasteiger partial charge in [-0.2, -0.15) is 0 Å². The SMILES string of the molecule is CCC(C(=O)NC1CCNCC1c1ccccc1)c1ccccc1. The molecule has 2 aromatic rings. The van der Waals surface area contributed by atoms with Crippen molar-refractivity contribution in [3.8, 4) is 0 Å². The highest BCUT2D eigenvalue weighted by Crippen LogP contribution is 2.26. The molecule has 3 rings (SSSR count). The molecule has 1 amide bonds. The molecule has 0 saturated carbocycles. The maximum Gasteiger partial charge on any atom is 0.227 e. The van der Waals surface area contributed by atoms with Crippen LogP contribution in [0.15, 0.2) is 60.7 Å². The Kier molecular flexibility index (Phi) is 5.65. The Morgan fingerprint density at radius 3 is 2.46 bits per heavy atom. The maximum atomic E-state index is 12.9. The summed E-state index contributed by atoms with van der Waals surface area (Å²) in [4.78, 5) is 12.9. The van der Waals surface area contributed by atoms with E-state index in [2.05, 4.69) is 41.8 Å². The van der Waals surface area contributed by atoms with E-state index in [1.807, 2.05) is 36.4 Å². The fourth-order valence-corrected chi connectivity index (χ4v) is 3.62. The number of nitrogens with one attached hydrogen (secondary N) is 2. The lowest BCUT2D eigenvalue weighted by molar-refractivity contribution is -0.123. The molecule has 3 atom stereocenters. The van der Waals surface area contributed by atoms with Crippen molar-refractivity contribution in [1.82, 2.24) is 10.6 Å². The summed E-state index contributed by atoms with van der Waals surface area (Å²) in [5.41, 5.74) is 2.39. The molecule has 2 aromatic carbocycles. The first kappa shape index (κ1) is 16.7. The van der Waals surface area contributed by atoms with Crippen molar-refractivity contribution in [3.05, 3.63) is 71.8 Å². The van der Waals surface area contributed by atoms with E-state index in [-0.39, 0.29) is 17.9 Å². The molecule has 1 saturated heterocycles. The number of hydrogen-bond acceptors (Lipinski definition) is 2. The van der Waals surface area contributed by atoms with Gasteiger partial charge in [-0.05, 0) is 30.5 Å². The van der Waals surface area contributed by atoms with Gasteiger partial charge in [0.05, 0.1) is 5.92 Å². The summed E-state index contributed by atoms with van der Waals surface area (Å²) in [5, 5.41) is 6.80. The van der Waals surface area contributed by atoms with Crippen LogP contribution in [0.5, 0.6) is 0 Å². The minimum absolute atomic E-state index is 0.0718. The predicted molar refractivity (Wildman–Crippen MR) is 98.1 cm³/mol. The van der Waals surface area contributed by atoms with Gasteiger partial charge in [-0.15, -0.1) is 0 Å². The van der Waals surface area contributed by atoms with Gasteiger partial charge in [-0.1, -0.05) is 67.6 Å². The van der Waals surface area contributed by atoms with Crippen molar-refractivity contribution in [2.45, 2.75) is 37.6 Å². The highest BCUT2D eigenvalue weighted by atomic mass is 16.1. The van der Waals surface area contributed by atoms with Gasteiger partial charge in [-0.25, -0.2) is 0 Å². The van der Waals surface area contributed by atoms with Crippen LogP contribution in [0.25, 0.3) is 0 Å². The first-order valence-electron chi connectivity index (χ1n) is 8.90. The molecule has 0 aromatic heterocycles. The van der Waals surface area contributed by atoms with E-state index in [0.29, 0.717) is 5.92 Å². The number of amides is 1. The van der Waals surface area contributed by atoms with Crippen LogP contribution in [0, 0.1) is 0 Å². The Balaban J connectivity index is 1.74. The van der Waals surface area contributed by atoms with E-state index >= 15 is 0 Å². The average molecular weight is 322 g/mol. The number of piperidine rings is 1. The smallest absolute Gasteiger partial charge is 0.227 e. The number of carbonyl (C=O) groups excluding carboxylic acids is 1. The van der Waals surface area contributed by atoms with Gasteiger partial charge in [0.2, 0.25) is 5.91 Å². The van der Waals surface area contributed by atoms with Gasteiger partial charge in [0.25, 0.3) is 0 Å². The lowest BCUT2D eigenvalue weighted by Crippen LogP contribution is -2.49. The van der Waals surface area contributed by atoms with Crippen molar-refractivity contribution in [2.24, 2.45) is 0 Å². The van der Waals surface area contributed by atoms with Crippen molar-refractivity contribution in [3.63, 3.8) is 0 Å². The minimum Gasteiger partial charge on any atom is -0.352 e. The molecule has 1 fully saturated rings. The summed E-state index contributed by atoms with van der Waals surface area (Å²) >= 11 is 0. The zero-order valence-corrected chi connectivity index (χ0v) is 14.2. The fourth-order valence-electron chi connectivity index (χ4n) is 3.62. The van der Waals surface area contributed by atoms with Crippen LogP contribution in [0.1, 0.15) is 42.7 Å². The second kappa shape index (κ2) is 8.11.